The van der Waals surface area contributed by atoms with E-state index in [2.05, 4.69) is 25.9 Å². The molecule has 1 amide bonds. The smallest absolute Gasteiger partial charge is 0.410 e. The van der Waals surface area contributed by atoms with Crippen molar-refractivity contribution in [3.8, 4) is 0 Å². The van der Waals surface area contributed by atoms with Gasteiger partial charge in [-0.25, -0.2) is 14.2 Å². The molecule has 0 bridgehead atoms. The van der Waals surface area contributed by atoms with Gasteiger partial charge in [0.15, 0.2) is 0 Å². The van der Waals surface area contributed by atoms with E-state index in [4.69, 9.17) is 10.5 Å². The van der Waals surface area contributed by atoms with Crippen molar-refractivity contribution >= 4 is 38.6 Å². The molecular formula is C20H26BrFN4O3. The van der Waals surface area contributed by atoms with Crippen molar-refractivity contribution in [2.24, 2.45) is 11.1 Å². The van der Waals surface area contributed by atoms with Crippen LogP contribution in [0, 0.1) is 11.2 Å². The largest absolute Gasteiger partial charge is 0.444 e. The van der Waals surface area contributed by atoms with E-state index in [1.807, 2.05) is 20.8 Å². The number of benzene rings is 1. The fourth-order valence-electron chi connectivity index (χ4n) is 3.63. The number of hydrogen-bond acceptors (Lipinski definition) is 5. The zero-order valence-corrected chi connectivity index (χ0v) is 18.3. The summed E-state index contributed by atoms with van der Waals surface area (Å²) in [5.74, 6) is 0.0916. The van der Waals surface area contributed by atoms with Crippen molar-refractivity contribution in [3.05, 3.63) is 34.4 Å². The lowest BCUT2D eigenvalue weighted by atomic mass is 9.73. The summed E-state index contributed by atoms with van der Waals surface area (Å²) in [6.45, 7) is 6.17. The summed E-state index contributed by atoms with van der Waals surface area (Å²) in [5.41, 5.74) is 6.47. The molecule has 7 nitrogen and oxygen atoms in total. The highest BCUT2D eigenvalue weighted by atomic mass is 79.9. The van der Waals surface area contributed by atoms with Gasteiger partial charge in [0, 0.05) is 34.8 Å². The number of aliphatic hydroxyl groups excluding tert-OH is 1. The molecule has 1 aliphatic rings. The molecule has 0 unspecified atom stereocenters. The third-order valence-corrected chi connectivity index (χ3v) is 5.78. The van der Waals surface area contributed by atoms with Crippen molar-refractivity contribution in [2.75, 3.05) is 19.7 Å². The third-order valence-electron chi connectivity index (χ3n) is 5.17. The predicted octanol–water partition coefficient (Wildman–Crippen LogP) is 3.77. The Hall–Kier alpha value is -2.13. The van der Waals surface area contributed by atoms with E-state index >= 15 is 0 Å². The summed E-state index contributed by atoms with van der Waals surface area (Å²) in [5, 5.41) is 10.2. The quantitative estimate of drug-likeness (QED) is 0.635. The van der Waals surface area contributed by atoms with Crippen molar-refractivity contribution < 1.29 is 19.0 Å². The van der Waals surface area contributed by atoms with Crippen molar-refractivity contribution in [1.82, 2.24) is 14.9 Å². The van der Waals surface area contributed by atoms with Gasteiger partial charge in [0.1, 0.15) is 22.8 Å². The van der Waals surface area contributed by atoms with Crippen LogP contribution in [0.4, 0.5) is 9.18 Å². The van der Waals surface area contributed by atoms with Gasteiger partial charge in [-0.2, -0.15) is 0 Å². The minimum absolute atomic E-state index is 0.148. The zero-order valence-electron chi connectivity index (χ0n) is 16.8. The molecule has 4 N–H and O–H groups in total. The molecule has 29 heavy (non-hydrogen) atoms. The van der Waals surface area contributed by atoms with E-state index in [0.29, 0.717) is 52.8 Å². The molecule has 0 saturated carbocycles. The molecule has 1 saturated heterocycles. The predicted molar refractivity (Wildman–Crippen MR) is 112 cm³/mol. The number of nitrogens with zero attached hydrogens (tertiary/aromatic N) is 2. The van der Waals surface area contributed by atoms with Crippen LogP contribution in [0.3, 0.4) is 0 Å². The summed E-state index contributed by atoms with van der Waals surface area (Å²) in [6, 6.07) is 2.71. The highest BCUT2D eigenvalue weighted by molar-refractivity contribution is 9.10. The van der Waals surface area contributed by atoms with E-state index in [-0.39, 0.29) is 18.5 Å². The first kappa shape index (κ1) is 21.6. The van der Waals surface area contributed by atoms with Gasteiger partial charge in [-0.15, -0.1) is 0 Å². The van der Waals surface area contributed by atoms with E-state index in [0.717, 1.165) is 0 Å². The Morgan fingerprint density at radius 3 is 2.66 bits per heavy atom. The van der Waals surface area contributed by atoms with Crippen LogP contribution >= 0.6 is 15.9 Å². The molecule has 0 radical (unpaired) electrons. The van der Waals surface area contributed by atoms with Gasteiger partial charge in [-0.05, 0) is 61.7 Å². The zero-order chi connectivity index (χ0) is 21.4. The first-order valence-corrected chi connectivity index (χ1v) is 10.2. The molecule has 1 aliphatic heterocycles. The summed E-state index contributed by atoms with van der Waals surface area (Å²) >= 11 is 3.33. The van der Waals surface area contributed by atoms with Crippen LogP contribution in [-0.4, -0.2) is 51.4 Å². The Labute approximate surface area is 177 Å². The highest BCUT2D eigenvalue weighted by Gasteiger charge is 2.41. The molecule has 0 spiro atoms. The summed E-state index contributed by atoms with van der Waals surface area (Å²) in [6.07, 6.45) is 2.06. The number of rotatable bonds is 3. The van der Waals surface area contributed by atoms with Gasteiger partial charge >= 0.3 is 6.09 Å². The number of carbonyl (C=O) groups excluding carboxylic acids is 1. The number of aromatic amines is 1. The minimum atomic E-state index is -0.661. The molecule has 3 rings (SSSR count). The van der Waals surface area contributed by atoms with Crippen LogP contribution in [-0.2, 0) is 4.74 Å². The van der Waals surface area contributed by atoms with Gasteiger partial charge in [0.05, 0.1) is 12.1 Å². The fourth-order valence-corrected chi connectivity index (χ4v) is 4.15. The van der Waals surface area contributed by atoms with Crippen molar-refractivity contribution in [1.29, 1.82) is 0 Å². The number of nitrogens with one attached hydrogen (secondary N) is 1. The molecule has 9 heteroatoms. The molecule has 1 aromatic heterocycles. The molecule has 2 aromatic rings. The Morgan fingerprint density at radius 1 is 1.45 bits per heavy atom. The lowest BCUT2D eigenvalue weighted by Crippen LogP contribution is -2.47. The summed E-state index contributed by atoms with van der Waals surface area (Å²) in [7, 11) is 0. The first-order valence-electron chi connectivity index (χ1n) is 9.45. The normalized spacial score (nSPS) is 17.6. The maximum Gasteiger partial charge on any atom is 0.410 e. The van der Waals surface area contributed by atoms with Gasteiger partial charge in [0.2, 0.25) is 0 Å². The minimum Gasteiger partial charge on any atom is -0.444 e. The topological polar surface area (TPSA) is 104 Å². The number of likely N-dealkylation sites (tertiary alicyclic amines) is 1. The number of imidazole rings is 1. The molecule has 0 atom stereocenters. The van der Waals surface area contributed by atoms with Crippen LogP contribution in [0.1, 0.15) is 39.4 Å². The number of fused-ring (bicyclic) bond motifs is 1. The first-order chi connectivity index (χ1) is 13.6. The molecule has 158 valence electrons. The van der Waals surface area contributed by atoms with Gasteiger partial charge in [-0.1, -0.05) is 0 Å². The van der Waals surface area contributed by atoms with Crippen molar-refractivity contribution in [2.45, 2.75) is 39.2 Å². The van der Waals surface area contributed by atoms with Gasteiger partial charge < -0.3 is 25.5 Å². The number of halogens is 2. The second-order valence-corrected chi connectivity index (χ2v) is 9.21. The number of hydrogen-bond donors (Lipinski definition) is 3. The van der Waals surface area contributed by atoms with E-state index in [1.54, 1.807) is 4.90 Å². The number of aromatic nitrogens is 2. The van der Waals surface area contributed by atoms with E-state index in [1.165, 1.54) is 18.3 Å². The van der Waals surface area contributed by atoms with E-state index < -0.39 is 11.0 Å². The van der Waals surface area contributed by atoms with Crippen LogP contribution in [0.5, 0.6) is 0 Å². The van der Waals surface area contributed by atoms with E-state index in [9.17, 15) is 14.3 Å². The van der Waals surface area contributed by atoms with Gasteiger partial charge in [0.25, 0.3) is 0 Å². The molecule has 0 aliphatic carbocycles. The molecule has 1 aromatic carbocycles. The number of ether oxygens (including phenoxy) is 1. The maximum atomic E-state index is 13.7. The second kappa shape index (κ2) is 7.95. The Morgan fingerprint density at radius 2 is 2.10 bits per heavy atom. The third kappa shape index (κ3) is 4.40. The Balaban J connectivity index is 1.85. The second-order valence-electron chi connectivity index (χ2n) is 8.36. The van der Waals surface area contributed by atoms with Crippen LogP contribution in [0.15, 0.2) is 22.8 Å². The molecule has 2 heterocycles. The lowest BCUT2D eigenvalue weighted by molar-refractivity contribution is 0.00986. The molecule has 1 fully saturated rings. The summed E-state index contributed by atoms with van der Waals surface area (Å²) in [4.78, 5) is 21.7. The maximum absolute atomic E-state index is 13.7. The lowest BCUT2D eigenvalue weighted by Gasteiger charge is -2.41. The van der Waals surface area contributed by atoms with Crippen LogP contribution in [0.2, 0.25) is 0 Å². The number of amides is 1. The standard InChI is InChI=1S/C20H26BrFN4O3/c1-19(2,3)29-18(28)26-6-4-20(11-27,5-7-26)13(10-23)17-24-15-9-12(22)8-14(21)16(15)25-17/h8-10,27H,4-7,11,23H2,1-3H3,(H,24,25). The van der Waals surface area contributed by atoms with Crippen molar-refractivity contribution in [3.63, 3.8) is 0 Å². The van der Waals surface area contributed by atoms with Gasteiger partial charge in [-0.3, -0.25) is 0 Å². The number of carbonyl (C=O) groups is 1. The molecular weight excluding hydrogens is 443 g/mol. The number of H-pyrrole nitrogens is 1. The number of piperidine rings is 1. The fraction of sp³-hybridized carbons (Fsp3) is 0.500. The number of aliphatic hydroxyl groups is 1. The SMILES string of the molecule is CC(C)(C)OC(=O)N1CCC(CO)(C(=CN)c2nc3c(Br)cc(F)cc3[nH]2)CC1. The average molecular weight is 469 g/mol. The van der Waals surface area contributed by atoms with Crippen LogP contribution in [0.25, 0.3) is 16.6 Å². The monoisotopic (exact) mass is 468 g/mol. The summed E-state index contributed by atoms with van der Waals surface area (Å²) < 4.78 is 19.7. The number of nitrogens with two attached hydrogens (primary N) is 1. The Kier molecular flexibility index (Phi) is 5.91. The van der Waals surface area contributed by atoms with Crippen LogP contribution < -0.4 is 5.73 Å². The average Bonchev–Trinajstić information content (AvgIpc) is 3.05. The Bertz CT molecular complexity index is 943. The highest BCUT2D eigenvalue weighted by Crippen LogP contribution is 2.43.